The van der Waals surface area contributed by atoms with Crippen molar-refractivity contribution in [1.82, 2.24) is 0 Å². The van der Waals surface area contributed by atoms with E-state index in [9.17, 15) is 9.90 Å². The van der Waals surface area contributed by atoms with E-state index in [1.54, 1.807) is 26.0 Å². The van der Waals surface area contributed by atoms with Crippen molar-refractivity contribution in [3.63, 3.8) is 0 Å². The molecule has 0 unspecified atom stereocenters. The zero-order valence-electron chi connectivity index (χ0n) is 14.2. The van der Waals surface area contributed by atoms with E-state index >= 15 is 0 Å². The quantitative estimate of drug-likeness (QED) is 0.796. The molecule has 0 fully saturated rings. The molecule has 0 saturated heterocycles. The van der Waals surface area contributed by atoms with Crippen molar-refractivity contribution in [2.24, 2.45) is 11.1 Å². The van der Waals surface area contributed by atoms with E-state index < -0.39 is 17.4 Å². The molecule has 0 aliphatic carbocycles. The monoisotopic (exact) mass is 329 g/mol. The van der Waals surface area contributed by atoms with Gasteiger partial charge in [0, 0.05) is 17.7 Å². The van der Waals surface area contributed by atoms with Crippen LogP contribution >= 0.6 is 0 Å². The molecule has 0 aliphatic heterocycles. The lowest BCUT2D eigenvalue weighted by molar-refractivity contribution is -0.152. The Kier molecular flexibility index (Phi) is 5.46. The first-order valence-corrected chi connectivity index (χ1v) is 7.70. The second-order valence-corrected chi connectivity index (χ2v) is 6.19. The zero-order chi connectivity index (χ0) is 17.7. The molecule has 128 valence electrons. The van der Waals surface area contributed by atoms with Crippen LogP contribution in [0.5, 0.6) is 11.5 Å². The Morgan fingerprint density at radius 1 is 1.21 bits per heavy atom. The lowest BCUT2D eigenvalue weighted by Crippen LogP contribution is -2.37. The van der Waals surface area contributed by atoms with E-state index in [0.29, 0.717) is 17.9 Å². The third kappa shape index (κ3) is 3.86. The summed E-state index contributed by atoms with van der Waals surface area (Å²) in [5.74, 6) is 0.0898. The molecule has 24 heavy (non-hydrogen) atoms. The fraction of sp³-hybridized carbons (Fsp3) is 0.316. The largest absolute Gasteiger partial charge is 0.507 e. The van der Waals surface area contributed by atoms with Gasteiger partial charge in [-0.3, -0.25) is 4.79 Å². The van der Waals surface area contributed by atoms with Gasteiger partial charge in [-0.25, -0.2) is 0 Å². The SMILES string of the molecule is COC(=O)C(C)(C)[C@@H](N)c1ccc(OCc2ccccc2)cc1O. The summed E-state index contributed by atoms with van der Waals surface area (Å²) in [6.45, 7) is 3.77. The average Bonchev–Trinajstić information content (AvgIpc) is 2.59. The highest BCUT2D eigenvalue weighted by Gasteiger charge is 2.37. The third-order valence-corrected chi connectivity index (χ3v) is 4.07. The maximum absolute atomic E-state index is 11.9. The van der Waals surface area contributed by atoms with Crippen LogP contribution in [0.4, 0.5) is 0 Å². The van der Waals surface area contributed by atoms with Crippen molar-refractivity contribution in [2.75, 3.05) is 7.11 Å². The molecule has 5 nitrogen and oxygen atoms in total. The molecule has 0 aliphatic rings. The molecule has 0 heterocycles. The Hall–Kier alpha value is -2.53. The standard InChI is InChI=1S/C19H23NO4/c1-19(2,18(22)23-3)17(20)15-10-9-14(11-16(15)21)24-12-13-7-5-4-6-8-13/h4-11,17,21H,12,20H2,1-3H3/t17-/m0/s1. The number of phenols is 1. The fourth-order valence-corrected chi connectivity index (χ4v) is 2.40. The first-order valence-electron chi connectivity index (χ1n) is 7.70. The van der Waals surface area contributed by atoms with E-state index in [1.165, 1.54) is 13.2 Å². The fourth-order valence-electron chi connectivity index (χ4n) is 2.40. The number of methoxy groups -OCH3 is 1. The minimum absolute atomic E-state index is 0.00922. The molecule has 0 spiro atoms. The summed E-state index contributed by atoms with van der Waals surface area (Å²) in [5, 5.41) is 10.3. The average molecular weight is 329 g/mol. The molecule has 0 aromatic heterocycles. The van der Waals surface area contributed by atoms with Gasteiger partial charge in [-0.2, -0.15) is 0 Å². The number of rotatable bonds is 6. The molecule has 2 aromatic rings. The number of benzene rings is 2. The predicted octanol–water partition coefficient (Wildman–Crippen LogP) is 3.17. The molecular formula is C19H23NO4. The van der Waals surface area contributed by atoms with E-state index in [4.69, 9.17) is 15.2 Å². The Balaban J connectivity index is 2.13. The van der Waals surface area contributed by atoms with Gasteiger partial charge in [0.25, 0.3) is 0 Å². The normalized spacial score (nSPS) is 12.5. The van der Waals surface area contributed by atoms with E-state index in [0.717, 1.165) is 5.56 Å². The number of hydrogen-bond donors (Lipinski definition) is 2. The number of esters is 1. The Labute approximate surface area is 142 Å². The summed E-state index contributed by atoms with van der Waals surface area (Å²) in [4.78, 5) is 11.9. The number of aromatic hydroxyl groups is 1. The van der Waals surface area contributed by atoms with E-state index in [1.807, 2.05) is 30.3 Å². The van der Waals surface area contributed by atoms with Crippen LogP contribution in [0, 0.1) is 5.41 Å². The molecular weight excluding hydrogens is 306 g/mol. The van der Waals surface area contributed by atoms with Crippen LogP contribution in [0.3, 0.4) is 0 Å². The predicted molar refractivity (Wildman–Crippen MR) is 91.6 cm³/mol. The Bertz CT molecular complexity index is 698. The number of phenolic OH excluding ortho intramolecular Hbond substituents is 1. The van der Waals surface area contributed by atoms with Gasteiger partial charge >= 0.3 is 5.97 Å². The minimum Gasteiger partial charge on any atom is -0.507 e. The van der Waals surface area contributed by atoms with Gasteiger partial charge in [-0.05, 0) is 25.5 Å². The van der Waals surface area contributed by atoms with Crippen LogP contribution in [0.15, 0.2) is 48.5 Å². The maximum atomic E-state index is 11.9. The van der Waals surface area contributed by atoms with Gasteiger partial charge in [0.2, 0.25) is 0 Å². The van der Waals surface area contributed by atoms with Crippen LogP contribution in [0.1, 0.15) is 31.0 Å². The van der Waals surface area contributed by atoms with Crippen LogP contribution in [0.2, 0.25) is 0 Å². The number of ether oxygens (including phenoxy) is 2. The Morgan fingerprint density at radius 3 is 2.46 bits per heavy atom. The molecule has 5 heteroatoms. The molecule has 0 saturated carbocycles. The summed E-state index contributed by atoms with van der Waals surface area (Å²) < 4.78 is 10.5. The summed E-state index contributed by atoms with van der Waals surface area (Å²) >= 11 is 0. The molecule has 2 aromatic carbocycles. The van der Waals surface area contributed by atoms with Gasteiger partial charge in [-0.15, -0.1) is 0 Å². The highest BCUT2D eigenvalue weighted by Crippen LogP contribution is 2.38. The molecule has 1 atom stereocenters. The second kappa shape index (κ2) is 7.36. The van der Waals surface area contributed by atoms with Crippen molar-refractivity contribution in [3.8, 4) is 11.5 Å². The van der Waals surface area contributed by atoms with Crippen LogP contribution in [-0.2, 0) is 16.1 Å². The second-order valence-electron chi connectivity index (χ2n) is 6.19. The lowest BCUT2D eigenvalue weighted by atomic mass is 9.80. The van der Waals surface area contributed by atoms with Gasteiger partial charge in [0.15, 0.2) is 0 Å². The molecule has 3 N–H and O–H groups in total. The zero-order valence-corrected chi connectivity index (χ0v) is 14.2. The molecule has 0 bridgehead atoms. The topological polar surface area (TPSA) is 81.8 Å². The summed E-state index contributed by atoms with van der Waals surface area (Å²) in [6.07, 6.45) is 0. The van der Waals surface area contributed by atoms with Gasteiger partial charge < -0.3 is 20.3 Å². The first-order chi connectivity index (χ1) is 11.4. The van der Waals surface area contributed by atoms with Crippen molar-refractivity contribution in [3.05, 3.63) is 59.7 Å². The highest BCUT2D eigenvalue weighted by molar-refractivity contribution is 5.77. The molecule has 0 radical (unpaired) electrons. The van der Waals surface area contributed by atoms with Crippen molar-refractivity contribution >= 4 is 5.97 Å². The number of carbonyl (C=O) groups is 1. The van der Waals surface area contributed by atoms with Crippen LogP contribution < -0.4 is 10.5 Å². The minimum atomic E-state index is -0.960. The smallest absolute Gasteiger partial charge is 0.313 e. The van der Waals surface area contributed by atoms with Gasteiger partial charge in [0.1, 0.15) is 18.1 Å². The lowest BCUT2D eigenvalue weighted by Gasteiger charge is -2.29. The summed E-state index contributed by atoms with van der Waals surface area (Å²) in [6, 6.07) is 13.9. The number of carbonyl (C=O) groups excluding carboxylic acids is 1. The van der Waals surface area contributed by atoms with E-state index in [-0.39, 0.29) is 5.75 Å². The van der Waals surface area contributed by atoms with Gasteiger partial charge in [-0.1, -0.05) is 36.4 Å². The summed E-state index contributed by atoms with van der Waals surface area (Å²) in [5.41, 5.74) is 6.71. The van der Waals surface area contributed by atoms with Crippen molar-refractivity contribution < 1.29 is 19.4 Å². The number of nitrogens with two attached hydrogens (primary N) is 1. The maximum Gasteiger partial charge on any atom is 0.313 e. The Morgan fingerprint density at radius 2 is 1.88 bits per heavy atom. The number of hydrogen-bond acceptors (Lipinski definition) is 5. The van der Waals surface area contributed by atoms with Crippen LogP contribution in [0.25, 0.3) is 0 Å². The van der Waals surface area contributed by atoms with Crippen LogP contribution in [-0.4, -0.2) is 18.2 Å². The van der Waals surface area contributed by atoms with Crippen molar-refractivity contribution in [2.45, 2.75) is 26.5 Å². The summed E-state index contributed by atoms with van der Waals surface area (Å²) in [7, 11) is 1.32. The van der Waals surface area contributed by atoms with Crippen molar-refractivity contribution in [1.29, 1.82) is 0 Å². The molecule has 0 amide bonds. The molecule has 2 rings (SSSR count). The third-order valence-electron chi connectivity index (χ3n) is 4.07. The van der Waals surface area contributed by atoms with E-state index in [2.05, 4.69) is 0 Å². The highest BCUT2D eigenvalue weighted by atomic mass is 16.5. The van der Waals surface area contributed by atoms with Gasteiger partial charge in [0.05, 0.1) is 12.5 Å². The first kappa shape index (κ1) is 17.8.